The summed E-state index contributed by atoms with van der Waals surface area (Å²) in [5.41, 5.74) is 1.54. The molecule has 0 spiro atoms. The topological polar surface area (TPSA) is 46.5 Å². The molecule has 0 aliphatic rings. The fourth-order valence-corrected chi connectivity index (χ4v) is 1.96. The van der Waals surface area contributed by atoms with E-state index < -0.39 is 0 Å². The maximum absolute atomic E-state index is 11.5. The van der Waals surface area contributed by atoms with Crippen molar-refractivity contribution in [2.75, 3.05) is 0 Å². The Balaban J connectivity index is 2.74. The van der Waals surface area contributed by atoms with Gasteiger partial charge in [0, 0.05) is 17.2 Å². The molecule has 3 nitrogen and oxygen atoms in total. The van der Waals surface area contributed by atoms with E-state index in [1.807, 2.05) is 38.1 Å². The Kier molecular flexibility index (Phi) is 3.24. The molecule has 0 bridgehead atoms. The highest BCUT2D eigenvalue weighted by Gasteiger charge is 2.16. The van der Waals surface area contributed by atoms with Crippen molar-refractivity contribution in [3.63, 3.8) is 0 Å². The van der Waals surface area contributed by atoms with E-state index in [4.69, 9.17) is 4.74 Å². The summed E-state index contributed by atoms with van der Waals surface area (Å²) < 4.78 is 5.39. The third-order valence-electron chi connectivity index (χ3n) is 3.19. The molecule has 18 heavy (non-hydrogen) atoms. The Morgan fingerprint density at radius 2 is 1.78 bits per heavy atom. The van der Waals surface area contributed by atoms with Crippen LogP contribution in [0.4, 0.5) is 0 Å². The van der Waals surface area contributed by atoms with Crippen LogP contribution < -0.4 is 4.74 Å². The number of carbonyl (C=O) groups excluding carboxylic acids is 1. The van der Waals surface area contributed by atoms with Gasteiger partial charge in [-0.1, -0.05) is 31.2 Å². The Bertz CT molecular complexity index is 615. The molecule has 2 aromatic carbocycles. The van der Waals surface area contributed by atoms with Crippen LogP contribution in [0.2, 0.25) is 0 Å². The number of hydrogen-bond donors (Lipinski definition) is 1. The van der Waals surface area contributed by atoms with Crippen LogP contribution in [0, 0.1) is 13.8 Å². The fourth-order valence-electron chi connectivity index (χ4n) is 1.96. The normalized spacial score (nSPS) is 10.6. The molecule has 0 atom stereocenters. The second-order valence-corrected chi connectivity index (χ2v) is 4.30. The van der Waals surface area contributed by atoms with Gasteiger partial charge in [0.1, 0.15) is 11.5 Å². The quantitative estimate of drug-likeness (QED) is 0.650. The Morgan fingerprint density at radius 1 is 1.17 bits per heavy atom. The predicted octanol–water partition coefficient (Wildman–Crippen LogP) is 3.48. The number of fused-ring (bicyclic) bond motifs is 1. The van der Waals surface area contributed by atoms with Crippen LogP contribution in [0.1, 0.15) is 24.5 Å². The van der Waals surface area contributed by atoms with Crippen molar-refractivity contribution in [1.29, 1.82) is 0 Å². The largest absolute Gasteiger partial charge is 0.507 e. The van der Waals surface area contributed by atoms with E-state index in [-0.39, 0.29) is 11.7 Å². The van der Waals surface area contributed by atoms with Crippen LogP contribution in [-0.4, -0.2) is 11.1 Å². The Labute approximate surface area is 106 Å². The first-order chi connectivity index (χ1) is 8.56. The third kappa shape index (κ3) is 1.92. The molecule has 0 aliphatic carbocycles. The first kappa shape index (κ1) is 12.4. The van der Waals surface area contributed by atoms with Crippen LogP contribution in [-0.2, 0) is 4.79 Å². The van der Waals surface area contributed by atoms with Crippen molar-refractivity contribution in [3.05, 3.63) is 35.4 Å². The van der Waals surface area contributed by atoms with Gasteiger partial charge in [-0.05, 0) is 25.0 Å². The van der Waals surface area contributed by atoms with Crippen molar-refractivity contribution in [1.82, 2.24) is 0 Å². The molecule has 0 unspecified atom stereocenters. The molecule has 0 aliphatic heterocycles. The van der Waals surface area contributed by atoms with Gasteiger partial charge in [-0.2, -0.15) is 0 Å². The highest BCUT2D eigenvalue weighted by molar-refractivity contribution is 5.97. The van der Waals surface area contributed by atoms with Crippen LogP contribution in [0.15, 0.2) is 24.3 Å². The summed E-state index contributed by atoms with van der Waals surface area (Å²) in [6.45, 7) is 5.42. The number of aromatic hydroxyl groups is 1. The summed E-state index contributed by atoms with van der Waals surface area (Å²) in [4.78, 5) is 11.5. The highest BCUT2D eigenvalue weighted by Crippen LogP contribution is 2.39. The van der Waals surface area contributed by atoms with Gasteiger partial charge in [-0.3, -0.25) is 4.79 Å². The zero-order valence-corrected chi connectivity index (χ0v) is 10.8. The van der Waals surface area contributed by atoms with E-state index >= 15 is 0 Å². The van der Waals surface area contributed by atoms with Gasteiger partial charge >= 0.3 is 5.97 Å². The van der Waals surface area contributed by atoms with Crippen molar-refractivity contribution < 1.29 is 14.6 Å². The molecule has 0 saturated heterocycles. The SMILES string of the molecule is CCC(=O)Oc1c(C)c(C)c(O)c2ccccc12. The maximum Gasteiger partial charge on any atom is 0.310 e. The maximum atomic E-state index is 11.5. The van der Waals surface area contributed by atoms with Gasteiger partial charge in [-0.15, -0.1) is 0 Å². The number of hydrogen-bond acceptors (Lipinski definition) is 3. The van der Waals surface area contributed by atoms with E-state index in [1.165, 1.54) is 0 Å². The summed E-state index contributed by atoms with van der Waals surface area (Å²) in [6, 6.07) is 7.38. The van der Waals surface area contributed by atoms with E-state index in [0.717, 1.165) is 16.5 Å². The average molecular weight is 244 g/mol. The summed E-state index contributed by atoms with van der Waals surface area (Å²) in [5, 5.41) is 11.6. The summed E-state index contributed by atoms with van der Waals surface area (Å²) >= 11 is 0. The second kappa shape index (κ2) is 4.69. The van der Waals surface area contributed by atoms with Crippen LogP contribution in [0.3, 0.4) is 0 Å². The van der Waals surface area contributed by atoms with Gasteiger partial charge in [0.2, 0.25) is 0 Å². The zero-order chi connectivity index (χ0) is 13.3. The molecular weight excluding hydrogens is 228 g/mol. The van der Waals surface area contributed by atoms with Crippen molar-refractivity contribution in [2.24, 2.45) is 0 Å². The molecule has 0 saturated carbocycles. The lowest BCUT2D eigenvalue weighted by Crippen LogP contribution is -2.07. The number of carbonyl (C=O) groups is 1. The van der Waals surface area contributed by atoms with Crippen LogP contribution in [0.25, 0.3) is 10.8 Å². The van der Waals surface area contributed by atoms with Crippen molar-refractivity contribution in [3.8, 4) is 11.5 Å². The lowest BCUT2D eigenvalue weighted by molar-refractivity contribution is -0.133. The van der Waals surface area contributed by atoms with E-state index in [2.05, 4.69) is 0 Å². The molecule has 1 N–H and O–H groups in total. The first-order valence-electron chi connectivity index (χ1n) is 5.97. The highest BCUT2D eigenvalue weighted by atomic mass is 16.5. The molecule has 0 heterocycles. The minimum absolute atomic E-state index is 0.249. The van der Waals surface area contributed by atoms with Crippen LogP contribution in [0.5, 0.6) is 11.5 Å². The lowest BCUT2D eigenvalue weighted by atomic mass is 9.99. The van der Waals surface area contributed by atoms with Gasteiger partial charge in [0.05, 0.1) is 0 Å². The number of benzene rings is 2. The zero-order valence-electron chi connectivity index (χ0n) is 10.8. The molecular formula is C15H16O3. The Hall–Kier alpha value is -2.03. The molecule has 0 fully saturated rings. The smallest absolute Gasteiger partial charge is 0.310 e. The minimum atomic E-state index is -0.270. The van der Waals surface area contributed by atoms with Gasteiger partial charge in [0.15, 0.2) is 0 Å². The molecule has 0 amide bonds. The van der Waals surface area contributed by atoms with E-state index in [0.29, 0.717) is 17.6 Å². The summed E-state index contributed by atoms with van der Waals surface area (Å²) in [5.74, 6) is 0.528. The molecule has 3 heteroatoms. The number of phenolic OH excluding ortho intramolecular Hbond substituents is 1. The average Bonchev–Trinajstić information content (AvgIpc) is 2.40. The summed E-state index contributed by atoms with van der Waals surface area (Å²) in [7, 11) is 0. The monoisotopic (exact) mass is 244 g/mol. The molecule has 94 valence electrons. The number of ether oxygens (including phenoxy) is 1. The molecule has 0 radical (unpaired) electrons. The molecule has 0 aromatic heterocycles. The number of esters is 1. The fraction of sp³-hybridized carbons (Fsp3) is 0.267. The van der Waals surface area contributed by atoms with Crippen molar-refractivity contribution >= 4 is 16.7 Å². The van der Waals surface area contributed by atoms with E-state index in [9.17, 15) is 9.90 Å². The molecule has 2 rings (SSSR count). The predicted molar refractivity (Wildman–Crippen MR) is 71.0 cm³/mol. The van der Waals surface area contributed by atoms with Crippen molar-refractivity contribution in [2.45, 2.75) is 27.2 Å². The third-order valence-corrected chi connectivity index (χ3v) is 3.19. The van der Waals surface area contributed by atoms with E-state index in [1.54, 1.807) is 6.92 Å². The minimum Gasteiger partial charge on any atom is -0.507 e. The lowest BCUT2D eigenvalue weighted by Gasteiger charge is -2.14. The summed E-state index contributed by atoms with van der Waals surface area (Å²) in [6.07, 6.45) is 0.327. The van der Waals surface area contributed by atoms with Gasteiger partial charge in [0.25, 0.3) is 0 Å². The van der Waals surface area contributed by atoms with Crippen LogP contribution >= 0.6 is 0 Å². The standard InChI is InChI=1S/C15H16O3/c1-4-13(16)18-15-10(3)9(2)14(17)11-7-5-6-8-12(11)15/h5-8,17H,4H2,1-3H3. The first-order valence-corrected chi connectivity index (χ1v) is 5.97. The van der Waals surface area contributed by atoms with Gasteiger partial charge in [-0.25, -0.2) is 0 Å². The molecule has 2 aromatic rings. The van der Waals surface area contributed by atoms with Gasteiger partial charge < -0.3 is 9.84 Å². The Morgan fingerprint density at radius 3 is 2.39 bits per heavy atom. The second-order valence-electron chi connectivity index (χ2n) is 4.30. The number of phenols is 1. The number of rotatable bonds is 2.